The highest BCUT2D eigenvalue weighted by Crippen LogP contribution is 2.35. The predicted molar refractivity (Wildman–Crippen MR) is 101 cm³/mol. The summed E-state index contributed by atoms with van der Waals surface area (Å²) in [6.07, 6.45) is -0.869. The highest BCUT2D eigenvalue weighted by Gasteiger charge is 2.34. The van der Waals surface area contributed by atoms with Gasteiger partial charge in [-0.05, 0) is 18.2 Å². The van der Waals surface area contributed by atoms with Crippen LogP contribution in [0.3, 0.4) is 0 Å². The zero-order chi connectivity index (χ0) is 19.1. The van der Waals surface area contributed by atoms with Crippen LogP contribution in [-0.4, -0.2) is 22.6 Å². The number of carbonyl (C=O) groups excluding carboxylic acids is 1. The minimum absolute atomic E-state index is 0.0150. The number of fused-ring (bicyclic) bond motifs is 5. The van der Waals surface area contributed by atoms with E-state index in [-0.39, 0.29) is 12.2 Å². The smallest absolute Gasteiger partial charge is 0.340 e. The molecule has 0 aliphatic carbocycles. The van der Waals surface area contributed by atoms with E-state index in [0.29, 0.717) is 17.7 Å². The molecule has 2 aromatic heterocycles. The number of nitrogens with zero attached hydrogens (tertiary/aromatic N) is 2. The molecular formula is C21H20N2O4. The van der Waals surface area contributed by atoms with E-state index in [0.717, 1.165) is 27.9 Å². The van der Waals surface area contributed by atoms with Gasteiger partial charge in [-0.25, -0.2) is 9.78 Å². The molecule has 1 atom stereocenters. The first-order valence-electron chi connectivity index (χ1n) is 9.02. The van der Waals surface area contributed by atoms with Gasteiger partial charge in [0, 0.05) is 23.6 Å². The molecule has 1 aromatic carbocycles. The van der Waals surface area contributed by atoms with Crippen molar-refractivity contribution in [3.8, 4) is 11.4 Å². The van der Waals surface area contributed by atoms with E-state index in [1.54, 1.807) is 4.57 Å². The van der Waals surface area contributed by atoms with E-state index in [1.165, 1.54) is 7.11 Å². The number of pyridine rings is 2. The van der Waals surface area contributed by atoms with Gasteiger partial charge in [-0.1, -0.05) is 32.0 Å². The Morgan fingerprint density at radius 3 is 2.74 bits per heavy atom. The molecule has 6 heteroatoms. The topological polar surface area (TPSA) is 70.4 Å². The molecule has 2 aliphatic heterocycles. The number of hydrogen-bond donors (Lipinski definition) is 0. The van der Waals surface area contributed by atoms with E-state index >= 15 is 0 Å². The Labute approximate surface area is 156 Å². The van der Waals surface area contributed by atoms with Gasteiger partial charge >= 0.3 is 5.97 Å². The summed E-state index contributed by atoms with van der Waals surface area (Å²) in [5.41, 5.74) is 4.30. The van der Waals surface area contributed by atoms with Crippen LogP contribution in [0.2, 0.25) is 0 Å². The Morgan fingerprint density at radius 2 is 1.96 bits per heavy atom. The maximum absolute atomic E-state index is 12.9. The van der Waals surface area contributed by atoms with Crippen molar-refractivity contribution in [2.24, 2.45) is 0 Å². The Bertz CT molecular complexity index is 1120. The SMILES string of the molecule is CC.COC1C(=O)OCc2c1cc1n(c2=O)Cc2cc3ccccc3nc2-1. The van der Waals surface area contributed by atoms with Crippen LogP contribution in [0.15, 0.2) is 41.2 Å². The van der Waals surface area contributed by atoms with Crippen molar-refractivity contribution in [2.45, 2.75) is 33.1 Å². The average molecular weight is 364 g/mol. The van der Waals surface area contributed by atoms with Gasteiger partial charge in [-0.3, -0.25) is 4.79 Å². The molecule has 6 nitrogen and oxygen atoms in total. The fraction of sp³-hybridized carbons (Fsp3) is 0.286. The van der Waals surface area contributed by atoms with Gasteiger partial charge in [0.1, 0.15) is 6.61 Å². The molecule has 1 unspecified atom stereocenters. The molecule has 2 aliphatic rings. The van der Waals surface area contributed by atoms with Crippen LogP contribution < -0.4 is 5.56 Å². The number of benzene rings is 1. The van der Waals surface area contributed by atoms with Gasteiger partial charge in [0.15, 0.2) is 6.10 Å². The minimum atomic E-state index is -0.869. The summed E-state index contributed by atoms with van der Waals surface area (Å²) >= 11 is 0. The molecule has 0 amide bonds. The summed E-state index contributed by atoms with van der Waals surface area (Å²) < 4.78 is 12.1. The van der Waals surface area contributed by atoms with Crippen molar-refractivity contribution in [1.82, 2.24) is 9.55 Å². The Morgan fingerprint density at radius 1 is 1.19 bits per heavy atom. The standard InChI is InChI=1S/C19H14N2O4.C2H6/c1-24-17-12-7-15-16-11(6-10-4-2-3-5-14(10)20-16)8-21(15)18(22)13(12)9-25-19(17)23;1-2/h2-7,17H,8-9H2,1H3;1-2H3. The molecule has 27 heavy (non-hydrogen) atoms. The molecule has 0 saturated carbocycles. The largest absolute Gasteiger partial charge is 0.458 e. The van der Waals surface area contributed by atoms with Crippen LogP contribution in [0.25, 0.3) is 22.3 Å². The number of cyclic esters (lactones) is 1. The van der Waals surface area contributed by atoms with E-state index in [4.69, 9.17) is 14.5 Å². The second kappa shape index (κ2) is 6.63. The predicted octanol–water partition coefficient (Wildman–Crippen LogP) is 3.20. The molecular weight excluding hydrogens is 344 g/mol. The first kappa shape index (κ1) is 17.4. The zero-order valence-electron chi connectivity index (χ0n) is 15.5. The van der Waals surface area contributed by atoms with Crippen molar-refractivity contribution in [3.05, 3.63) is 63.4 Å². The van der Waals surface area contributed by atoms with Crippen LogP contribution in [0.4, 0.5) is 0 Å². The lowest BCUT2D eigenvalue weighted by atomic mass is 10.0. The van der Waals surface area contributed by atoms with E-state index in [9.17, 15) is 9.59 Å². The third kappa shape index (κ3) is 2.56. The van der Waals surface area contributed by atoms with Crippen LogP contribution >= 0.6 is 0 Å². The molecule has 0 radical (unpaired) electrons. The minimum Gasteiger partial charge on any atom is -0.458 e. The number of rotatable bonds is 1. The summed E-state index contributed by atoms with van der Waals surface area (Å²) in [4.78, 5) is 29.6. The molecule has 0 N–H and O–H groups in total. The van der Waals surface area contributed by atoms with Crippen LogP contribution in [0.5, 0.6) is 0 Å². The lowest BCUT2D eigenvalue weighted by molar-refractivity contribution is -0.159. The number of aromatic nitrogens is 2. The fourth-order valence-corrected chi connectivity index (χ4v) is 3.68. The quantitative estimate of drug-likeness (QED) is 0.485. The van der Waals surface area contributed by atoms with Gasteiger partial charge in [-0.2, -0.15) is 0 Å². The molecule has 138 valence electrons. The van der Waals surface area contributed by atoms with Crippen molar-refractivity contribution in [2.75, 3.05) is 7.11 Å². The van der Waals surface area contributed by atoms with Crippen molar-refractivity contribution >= 4 is 16.9 Å². The van der Waals surface area contributed by atoms with Gasteiger partial charge in [0.25, 0.3) is 5.56 Å². The van der Waals surface area contributed by atoms with Crippen molar-refractivity contribution < 1.29 is 14.3 Å². The van der Waals surface area contributed by atoms with E-state index < -0.39 is 12.1 Å². The van der Waals surface area contributed by atoms with E-state index in [2.05, 4.69) is 6.07 Å². The fourth-order valence-electron chi connectivity index (χ4n) is 3.68. The average Bonchev–Trinajstić information content (AvgIpc) is 3.06. The Hall–Kier alpha value is -2.99. The van der Waals surface area contributed by atoms with Gasteiger partial charge in [0.2, 0.25) is 0 Å². The van der Waals surface area contributed by atoms with Gasteiger partial charge in [0.05, 0.1) is 29.0 Å². The molecule has 0 fully saturated rings. The highest BCUT2D eigenvalue weighted by molar-refractivity contribution is 5.84. The lowest BCUT2D eigenvalue weighted by Crippen LogP contribution is -2.33. The zero-order valence-corrected chi connectivity index (χ0v) is 15.5. The van der Waals surface area contributed by atoms with Crippen molar-refractivity contribution in [3.63, 3.8) is 0 Å². The van der Waals surface area contributed by atoms with Gasteiger partial charge < -0.3 is 14.0 Å². The molecule has 3 aromatic rings. The number of carbonyl (C=O) groups is 1. The van der Waals surface area contributed by atoms with Gasteiger partial charge in [-0.15, -0.1) is 0 Å². The summed E-state index contributed by atoms with van der Waals surface area (Å²) in [5, 5.41) is 1.04. The number of esters is 1. The Balaban J connectivity index is 0.000000872. The first-order valence-corrected chi connectivity index (χ1v) is 9.02. The highest BCUT2D eigenvalue weighted by atomic mass is 16.6. The normalized spacial score (nSPS) is 16.7. The number of methoxy groups -OCH3 is 1. The summed E-state index contributed by atoms with van der Waals surface area (Å²) in [6.45, 7) is 4.46. The lowest BCUT2D eigenvalue weighted by Gasteiger charge is -2.24. The number of hydrogen-bond acceptors (Lipinski definition) is 5. The van der Waals surface area contributed by atoms with Crippen molar-refractivity contribution in [1.29, 1.82) is 0 Å². The molecule has 4 heterocycles. The summed E-state index contributed by atoms with van der Waals surface area (Å²) in [6, 6.07) is 11.8. The molecule has 5 rings (SSSR count). The molecule has 0 saturated heterocycles. The monoisotopic (exact) mass is 364 g/mol. The third-order valence-corrected chi connectivity index (χ3v) is 4.90. The molecule has 0 bridgehead atoms. The first-order chi connectivity index (χ1) is 13.2. The van der Waals surface area contributed by atoms with Crippen LogP contribution in [0.1, 0.15) is 36.6 Å². The maximum Gasteiger partial charge on any atom is 0.340 e. The third-order valence-electron chi connectivity index (χ3n) is 4.90. The van der Waals surface area contributed by atoms with Crippen LogP contribution in [-0.2, 0) is 27.4 Å². The maximum atomic E-state index is 12.9. The van der Waals surface area contributed by atoms with Crippen LogP contribution in [0, 0.1) is 0 Å². The summed E-state index contributed by atoms with van der Waals surface area (Å²) in [7, 11) is 1.44. The molecule has 0 spiro atoms. The second-order valence-corrected chi connectivity index (χ2v) is 6.27. The Kier molecular flexibility index (Phi) is 4.28. The number of para-hydroxylation sites is 1. The second-order valence-electron chi connectivity index (χ2n) is 6.27. The summed E-state index contributed by atoms with van der Waals surface area (Å²) in [5.74, 6) is -0.468. The number of ether oxygens (including phenoxy) is 2. The van der Waals surface area contributed by atoms with E-state index in [1.807, 2.05) is 44.2 Å².